The summed E-state index contributed by atoms with van der Waals surface area (Å²) in [6.45, 7) is 0. The summed E-state index contributed by atoms with van der Waals surface area (Å²) in [7, 11) is -4.10. The van der Waals surface area contributed by atoms with E-state index in [0.717, 1.165) is 24.3 Å². The zero-order valence-corrected chi connectivity index (χ0v) is 14.8. The molecule has 2 aromatic carbocycles. The first-order chi connectivity index (χ1) is 12.5. The zero-order chi connectivity index (χ0) is 20.0. The van der Waals surface area contributed by atoms with Crippen molar-refractivity contribution >= 4 is 21.0 Å². The summed E-state index contributed by atoms with van der Waals surface area (Å²) in [5, 5.41) is 0. The zero-order valence-electron chi connectivity index (χ0n) is 13.9. The summed E-state index contributed by atoms with van der Waals surface area (Å²) in [5.74, 6) is -2.48. The summed E-state index contributed by atoms with van der Waals surface area (Å²) in [6.07, 6.45) is -0.341. The molecule has 0 saturated heterocycles. The van der Waals surface area contributed by atoms with Gasteiger partial charge in [0.15, 0.2) is 9.84 Å². The van der Waals surface area contributed by atoms with Crippen LogP contribution in [0.1, 0.15) is 23.1 Å². The fourth-order valence-electron chi connectivity index (χ4n) is 3.00. The van der Waals surface area contributed by atoms with Crippen molar-refractivity contribution in [2.24, 2.45) is 0 Å². The van der Waals surface area contributed by atoms with E-state index in [1.165, 1.54) is 12.1 Å². The summed E-state index contributed by atoms with van der Waals surface area (Å²) < 4.78 is 90.3. The highest BCUT2D eigenvalue weighted by Crippen LogP contribution is 2.38. The van der Waals surface area contributed by atoms with Gasteiger partial charge in [-0.15, -0.1) is 0 Å². The van der Waals surface area contributed by atoms with Gasteiger partial charge in [0.1, 0.15) is 16.5 Å². The predicted molar refractivity (Wildman–Crippen MR) is 91.5 cm³/mol. The molecule has 27 heavy (non-hydrogen) atoms. The molecule has 0 amide bonds. The van der Waals surface area contributed by atoms with Crippen LogP contribution in [0.3, 0.4) is 0 Å². The van der Waals surface area contributed by atoms with Crippen LogP contribution >= 0.6 is 0 Å². The van der Waals surface area contributed by atoms with Crippen LogP contribution in [-0.4, -0.2) is 14.7 Å². The molecule has 0 unspecified atom stereocenters. The average molecular weight is 400 g/mol. The van der Waals surface area contributed by atoms with Crippen molar-refractivity contribution in [2.45, 2.75) is 17.5 Å². The third-order valence-corrected chi connectivity index (χ3v) is 5.28. The van der Waals surface area contributed by atoms with Gasteiger partial charge in [0, 0.05) is 6.26 Å². The van der Waals surface area contributed by atoms with E-state index >= 15 is 0 Å². The molecule has 0 atom stereocenters. The Morgan fingerprint density at radius 3 is 2.15 bits per heavy atom. The van der Waals surface area contributed by atoms with Gasteiger partial charge < -0.3 is 0 Å². The molecule has 0 spiro atoms. The molecule has 142 valence electrons. The van der Waals surface area contributed by atoms with Gasteiger partial charge in [-0.2, -0.15) is 13.2 Å². The number of allylic oxidation sites excluding steroid dienone is 4. The smallest absolute Gasteiger partial charge is 0.224 e. The van der Waals surface area contributed by atoms with Gasteiger partial charge >= 0.3 is 6.18 Å². The molecule has 2 nitrogen and oxygen atoms in total. The largest absolute Gasteiger partial charge is 0.416 e. The molecule has 0 fully saturated rings. The molecule has 0 bridgehead atoms. The molecule has 0 aromatic heterocycles. The van der Waals surface area contributed by atoms with E-state index in [2.05, 4.69) is 0 Å². The lowest BCUT2D eigenvalue weighted by molar-refractivity contribution is -0.137. The number of sulfone groups is 1. The lowest BCUT2D eigenvalue weighted by atomic mass is 9.95. The van der Waals surface area contributed by atoms with Crippen LogP contribution in [0.5, 0.6) is 0 Å². The Morgan fingerprint density at radius 1 is 0.963 bits per heavy atom. The Hall–Kier alpha value is -2.48. The fraction of sp³-hybridized carbons (Fsp3) is 0.158. The lowest BCUT2D eigenvalue weighted by Crippen LogP contribution is -2.06. The normalized spacial score (nSPS) is 14.9. The Kier molecular flexibility index (Phi) is 4.71. The topological polar surface area (TPSA) is 34.1 Å². The van der Waals surface area contributed by atoms with Crippen LogP contribution in [0.2, 0.25) is 0 Å². The molecule has 1 aliphatic carbocycles. The number of hydrogen-bond donors (Lipinski definition) is 0. The maximum Gasteiger partial charge on any atom is 0.416 e. The second-order valence-electron chi connectivity index (χ2n) is 6.12. The van der Waals surface area contributed by atoms with E-state index in [-0.39, 0.29) is 17.5 Å². The number of halogens is 5. The Morgan fingerprint density at radius 2 is 1.59 bits per heavy atom. The Balaban J connectivity index is 2.15. The van der Waals surface area contributed by atoms with Crippen LogP contribution < -0.4 is 0 Å². The Labute approximate surface area is 152 Å². The number of hydrogen-bond acceptors (Lipinski definition) is 2. The van der Waals surface area contributed by atoms with Gasteiger partial charge in [0.25, 0.3) is 0 Å². The monoisotopic (exact) mass is 400 g/mol. The first-order valence-corrected chi connectivity index (χ1v) is 9.64. The van der Waals surface area contributed by atoms with Gasteiger partial charge in [-0.25, -0.2) is 17.2 Å². The molecule has 0 saturated carbocycles. The van der Waals surface area contributed by atoms with Gasteiger partial charge in [-0.1, -0.05) is 24.3 Å². The number of alkyl halides is 3. The highest BCUT2D eigenvalue weighted by Gasteiger charge is 2.31. The first-order valence-electron chi connectivity index (χ1n) is 7.75. The molecule has 0 aliphatic heterocycles. The summed E-state index contributed by atoms with van der Waals surface area (Å²) in [4.78, 5) is -1.03. The minimum atomic E-state index is -4.52. The minimum Gasteiger partial charge on any atom is -0.224 e. The van der Waals surface area contributed by atoms with Gasteiger partial charge in [0.2, 0.25) is 0 Å². The molecule has 2 aromatic rings. The van der Waals surface area contributed by atoms with E-state index in [4.69, 9.17) is 0 Å². The van der Waals surface area contributed by atoms with Crippen molar-refractivity contribution in [2.75, 3.05) is 6.26 Å². The molecular weight excluding hydrogens is 387 g/mol. The Bertz CT molecular complexity index is 1060. The summed E-state index contributed by atoms with van der Waals surface area (Å²) >= 11 is 0. The van der Waals surface area contributed by atoms with Crippen LogP contribution in [0, 0.1) is 11.6 Å². The van der Waals surface area contributed by atoms with Crippen molar-refractivity contribution in [3.8, 4) is 0 Å². The van der Waals surface area contributed by atoms with E-state index < -0.39 is 38.1 Å². The maximum atomic E-state index is 14.2. The van der Waals surface area contributed by atoms with Crippen LogP contribution in [0.15, 0.2) is 53.4 Å². The third kappa shape index (κ3) is 3.80. The third-order valence-electron chi connectivity index (χ3n) is 4.15. The molecule has 0 heterocycles. The van der Waals surface area contributed by atoms with Crippen molar-refractivity contribution in [1.82, 2.24) is 0 Å². The summed E-state index contributed by atoms with van der Waals surface area (Å²) in [5.41, 5.74) is 0.299. The lowest BCUT2D eigenvalue weighted by Gasteiger charge is -2.13. The SMILES string of the molecule is CS(=O)(=O)c1c(F)cc(C2=C(c3cccc(C(F)(F)F)c3)C=CC2)cc1F. The second-order valence-corrected chi connectivity index (χ2v) is 8.07. The molecular formula is C19H13F5O2S. The molecule has 0 N–H and O–H groups in total. The van der Waals surface area contributed by atoms with Crippen LogP contribution in [0.4, 0.5) is 22.0 Å². The van der Waals surface area contributed by atoms with Gasteiger partial charge in [-0.3, -0.25) is 0 Å². The van der Waals surface area contributed by atoms with E-state index in [1.807, 2.05) is 0 Å². The van der Waals surface area contributed by atoms with Crippen LogP contribution in [-0.2, 0) is 16.0 Å². The standard InChI is InChI=1S/C19H13F5O2S/c1-27(25,26)18-16(20)9-12(10-17(18)21)15-7-3-6-14(15)11-4-2-5-13(8-11)19(22,23)24/h2-6,8-10H,7H2,1H3. The first kappa shape index (κ1) is 19.3. The average Bonchev–Trinajstić information content (AvgIpc) is 3.01. The number of benzene rings is 2. The molecule has 0 radical (unpaired) electrons. The molecule has 1 aliphatic rings. The minimum absolute atomic E-state index is 0.0785. The fourth-order valence-corrected chi connectivity index (χ4v) is 3.83. The van der Waals surface area contributed by atoms with Gasteiger partial charge in [-0.05, 0) is 53.0 Å². The molecule has 8 heteroatoms. The van der Waals surface area contributed by atoms with Gasteiger partial charge in [0.05, 0.1) is 5.56 Å². The maximum absolute atomic E-state index is 14.2. The van der Waals surface area contributed by atoms with Crippen molar-refractivity contribution < 1.29 is 30.4 Å². The van der Waals surface area contributed by atoms with Crippen LogP contribution in [0.25, 0.3) is 11.1 Å². The second kappa shape index (κ2) is 6.60. The van der Waals surface area contributed by atoms with Crippen molar-refractivity contribution in [3.05, 3.63) is 76.9 Å². The van der Waals surface area contributed by atoms with E-state index in [1.54, 1.807) is 12.2 Å². The van der Waals surface area contributed by atoms with Crippen molar-refractivity contribution in [3.63, 3.8) is 0 Å². The predicted octanol–water partition coefficient (Wildman–Crippen LogP) is 5.26. The van der Waals surface area contributed by atoms with E-state index in [0.29, 0.717) is 17.4 Å². The summed E-state index contributed by atoms with van der Waals surface area (Å²) in [6, 6.07) is 6.39. The number of rotatable bonds is 3. The van der Waals surface area contributed by atoms with E-state index in [9.17, 15) is 30.4 Å². The quantitative estimate of drug-likeness (QED) is 0.659. The highest BCUT2D eigenvalue weighted by molar-refractivity contribution is 7.90. The van der Waals surface area contributed by atoms with Crippen molar-refractivity contribution in [1.29, 1.82) is 0 Å². The molecule has 3 rings (SSSR count). The highest BCUT2D eigenvalue weighted by atomic mass is 32.2.